The van der Waals surface area contributed by atoms with Crippen LogP contribution in [0.25, 0.3) is 0 Å². The third-order valence-corrected chi connectivity index (χ3v) is 4.14. The number of hydrogen-bond donors (Lipinski definition) is 1. The van der Waals surface area contributed by atoms with Gasteiger partial charge in [-0.2, -0.15) is 0 Å². The van der Waals surface area contributed by atoms with Crippen LogP contribution in [0.15, 0.2) is 24.3 Å². The molecule has 1 aromatic rings. The predicted molar refractivity (Wildman–Crippen MR) is 81.0 cm³/mol. The van der Waals surface area contributed by atoms with Crippen molar-refractivity contribution in [3.8, 4) is 0 Å². The van der Waals surface area contributed by atoms with Gasteiger partial charge >= 0.3 is 5.97 Å². The average Bonchev–Trinajstić information content (AvgIpc) is 2.76. The molecule has 0 radical (unpaired) electrons. The van der Waals surface area contributed by atoms with Gasteiger partial charge in [-0.3, -0.25) is 4.79 Å². The molecule has 1 aliphatic rings. The Kier molecular flexibility index (Phi) is 4.66. The fourth-order valence-electron chi connectivity index (χ4n) is 2.96. The van der Waals surface area contributed by atoms with E-state index >= 15 is 0 Å². The van der Waals surface area contributed by atoms with Crippen LogP contribution in [0.1, 0.15) is 44.7 Å². The molecule has 2 unspecified atom stereocenters. The van der Waals surface area contributed by atoms with E-state index in [1.807, 2.05) is 19.1 Å². The largest absolute Gasteiger partial charge is 0.464 e. The molecule has 1 N–H and O–H groups in total. The summed E-state index contributed by atoms with van der Waals surface area (Å²) < 4.78 is 5.10. The lowest BCUT2D eigenvalue weighted by Crippen LogP contribution is -2.45. The Morgan fingerprint density at radius 3 is 2.57 bits per heavy atom. The molecule has 1 saturated heterocycles. The number of ether oxygens (including phenoxy) is 1. The number of esters is 1. The number of carbonyl (C=O) groups excluding carboxylic acids is 2. The van der Waals surface area contributed by atoms with Gasteiger partial charge in [0.2, 0.25) is 5.91 Å². The van der Waals surface area contributed by atoms with Crippen molar-refractivity contribution in [2.75, 3.05) is 6.61 Å². The lowest BCUT2D eigenvalue weighted by molar-refractivity contribution is -0.147. The van der Waals surface area contributed by atoms with E-state index in [0.717, 1.165) is 18.4 Å². The molecule has 1 fully saturated rings. The van der Waals surface area contributed by atoms with Gasteiger partial charge in [-0.05, 0) is 24.5 Å². The average molecular weight is 289 g/mol. The fourth-order valence-corrected chi connectivity index (χ4v) is 2.96. The zero-order valence-corrected chi connectivity index (χ0v) is 12.9. The van der Waals surface area contributed by atoms with Crippen molar-refractivity contribution in [2.24, 2.45) is 0 Å². The van der Waals surface area contributed by atoms with Gasteiger partial charge in [0.1, 0.15) is 6.04 Å². The summed E-state index contributed by atoms with van der Waals surface area (Å²) in [5, 5.41) is 2.75. The van der Waals surface area contributed by atoms with Crippen molar-refractivity contribution in [1.82, 2.24) is 5.32 Å². The van der Waals surface area contributed by atoms with Crippen molar-refractivity contribution in [2.45, 2.75) is 51.5 Å². The molecule has 1 aliphatic heterocycles. The Morgan fingerprint density at radius 1 is 1.33 bits per heavy atom. The van der Waals surface area contributed by atoms with Gasteiger partial charge in [0.05, 0.1) is 6.61 Å². The van der Waals surface area contributed by atoms with Crippen LogP contribution >= 0.6 is 0 Å². The van der Waals surface area contributed by atoms with E-state index in [1.54, 1.807) is 6.92 Å². The third kappa shape index (κ3) is 3.09. The van der Waals surface area contributed by atoms with Crippen LogP contribution in [0, 0.1) is 0 Å². The number of rotatable bonds is 5. The summed E-state index contributed by atoms with van der Waals surface area (Å²) >= 11 is 0. The van der Waals surface area contributed by atoms with Gasteiger partial charge in [0.15, 0.2) is 0 Å². The SMILES string of the molecule is CCCc1ccc(C2(C)CC(=O)NC2C(=O)OCC)cc1. The smallest absolute Gasteiger partial charge is 0.329 e. The minimum atomic E-state index is -0.609. The fraction of sp³-hybridized carbons (Fsp3) is 0.529. The second-order valence-electron chi connectivity index (χ2n) is 5.79. The van der Waals surface area contributed by atoms with E-state index in [0.29, 0.717) is 13.0 Å². The zero-order valence-electron chi connectivity index (χ0n) is 12.9. The number of carbonyl (C=O) groups is 2. The summed E-state index contributed by atoms with van der Waals surface area (Å²) in [5.41, 5.74) is 1.72. The number of aryl methyl sites for hydroxylation is 1. The summed E-state index contributed by atoms with van der Waals surface area (Å²) in [5.74, 6) is -0.461. The Balaban J connectivity index is 2.28. The first-order valence-electron chi connectivity index (χ1n) is 7.56. The van der Waals surface area contributed by atoms with Gasteiger partial charge in [0, 0.05) is 11.8 Å². The first-order valence-corrected chi connectivity index (χ1v) is 7.56. The van der Waals surface area contributed by atoms with Crippen LogP contribution in [-0.2, 0) is 26.2 Å². The molecule has 0 saturated carbocycles. The second kappa shape index (κ2) is 6.29. The van der Waals surface area contributed by atoms with E-state index in [1.165, 1.54) is 5.56 Å². The summed E-state index contributed by atoms with van der Waals surface area (Å²) in [6.45, 7) is 6.18. The van der Waals surface area contributed by atoms with Gasteiger partial charge in [-0.15, -0.1) is 0 Å². The van der Waals surface area contributed by atoms with Gasteiger partial charge < -0.3 is 10.1 Å². The molecule has 2 atom stereocenters. The Bertz CT molecular complexity index is 523. The van der Waals surface area contributed by atoms with Gasteiger partial charge in [-0.25, -0.2) is 4.79 Å². The standard InChI is InChI=1S/C17H23NO3/c1-4-6-12-7-9-13(10-8-12)17(3)11-14(19)18-15(17)16(20)21-5-2/h7-10,15H,4-6,11H2,1-3H3,(H,18,19). The van der Waals surface area contributed by atoms with E-state index in [9.17, 15) is 9.59 Å². The Labute approximate surface area is 125 Å². The van der Waals surface area contributed by atoms with Crippen molar-refractivity contribution >= 4 is 11.9 Å². The molecule has 1 heterocycles. The lowest BCUT2D eigenvalue weighted by Gasteiger charge is -2.29. The molecule has 0 spiro atoms. The number of hydrogen-bond acceptors (Lipinski definition) is 3. The first kappa shape index (κ1) is 15.5. The molecule has 2 rings (SSSR count). The van der Waals surface area contributed by atoms with E-state index in [2.05, 4.69) is 24.4 Å². The van der Waals surface area contributed by atoms with Gasteiger partial charge in [-0.1, -0.05) is 44.5 Å². The van der Waals surface area contributed by atoms with Crippen LogP contribution in [0.4, 0.5) is 0 Å². The van der Waals surface area contributed by atoms with Crippen LogP contribution in [0.2, 0.25) is 0 Å². The normalized spacial score (nSPS) is 24.7. The maximum atomic E-state index is 12.1. The van der Waals surface area contributed by atoms with Crippen LogP contribution in [0.5, 0.6) is 0 Å². The molecule has 21 heavy (non-hydrogen) atoms. The molecule has 1 amide bonds. The van der Waals surface area contributed by atoms with Crippen molar-refractivity contribution < 1.29 is 14.3 Å². The lowest BCUT2D eigenvalue weighted by atomic mass is 9.75. The monoisotopic (exact) mass is 289 g/mol. The highest BCUT2D eigenvalue weighted by Crippen LogP contribution is 2.36. The van der Waals surface area contributed by atoms with E-state index < -0.39 is 11.5 Å². The maximum Gasteiger partial charge on any atom is 0.329 e. The second-order valence-corrected chi connectivity index (χ2v) is 5.79. The summed E-state index contributed by atoms with van der Waals surface area (Å²) in [6.07, 6.45) is 2.45. The Morgan fingerprint density at radius 2 is 2.00 bits per heavy atom. The molecule has 4 heteroatoms. The van der Waals surface area contributed by atoms with Crippen molar-refractivity contribution in [1.29, 1.82) is 0 Å². The summed E-state index contributed by atoms with van der Waals surface area (Å²) in [6, 6.07) is 7.60. The van der Waals surface area contributed by atoms with E-state index in [4.69, 9.17) is 4.74 Å². The first-order chi connectivity index (χ1) is 10.0. The van der Waals surface area contributed by atoms with Crippen molar-refractivity contribution in [3.63, 3.8) is 0 Å². The predicted octanol–water partition coefficient (Wildman–Crippen LogP) is 2.35. The summed E-state index contributed by atoms with van der Waals surface area (Å²) in [4.78, 5) is 23.9. The topological polar surface area (TPSA) is 55.4 Å². The molecular formula is C17H23NO3. The van der Waals surface area contributed by atoms with Gasteiger partial charge in [0.25, 0.3) is 0 Å². The third-order valence-electron chi connectivity index (χ3n) is 4.14. The number of amides is 1. The zero-order chi connectivity index (χ0) is 15.5. The molecular weight excluding hydrogens is 266 g/mol. The molecule has 4 nitrogen and oxygen atoms in total. The molecule has 0 aromatic heterocycles. The molecule has 114 valence electrons. The minimum absolute atomic E-state index is 0.104. The summed E-state index contributed by atoms with van der Waals surface area (Å²) in [7, 11) is 0. The van der Waals surface area contributed by atoms with Crippen LogP contribution < -0.4 is 5.32 Å². The molecule has 0 aliphatic carbocycles. The number of nitrogens with one attached hydrogen (secondary N) is 1. The molecule has 0 bridgehead atoms. The highest BCUT2D eigenvalue weighted by molar-refractivity contribution is 5.91. The maximum absolute atomic E-state index is 12.1. The quantitative estimate of drug-likeness (QED) is 0.847. The van der Waals surface area contributed by atoms with Crippen LogP contribution in [0.3, 0.4) is 0 Å². The highest BCUT2D eigenvalue weighted by Gasteiger charge is 2.49. The Hall–Kier alpha value is -1.84. The van der Waals surface area contributed by atoms with E-state index in [-0.39, 0.29) is 11.9 Å². The minimum Gasteiger partial charge on any atom is -0.464 e. The van der Waals surface area contributed by atoms with Crippen LogP contribution in [-0.4, -0.2) is 24.5 Å². The number of benzene rings is 1. The molecule has 1 aromatic carbocycles. The van der Waals surface area contributed by atoms with Crippen molar-refractivity contribution in [3.05, 3.63) is 35.4 Å². The highest BCUT2D eigenvalue weighted by atomic mass is 16.5.